The molecular weight excluding hydrogens is 256 g/mol. The highest BCUT2D eigenvalue weighted by atomic mass is 16.4. The molecule has 0 spiro atoms. The number of nitrogens with zero attached hydrogens (tertiary/aromatic N) is 2. The van der Waals surface area contributed by atoms with Gasteiger partial charge in [0.1, 0.15) is 5.84 Å². The third-order valence-electron chi connectivity index (χ3n) is 3.95. The number of likely N-dealkylation sites (tertiary alicyclic amines) is 1. The van der Waals surface area contributed by atoms with Crippen molar-refractivity contribution < 1.29 is 10.0 Å². The number of hydrogen-bond donors (Lipinski definition) is 3. The third-order valence-corrected chi connectivity index (χ3v) is 3.95. The first-order valence-electron chi connectivity index (χ1n) is 7.44. The first-order chi connectivity index (χ1) is 9.47. The highest BCUT2D eigenvalue weighted by molar-refractivity contribution is 5.85. The highest BCUT2D eigenvalue weighted by Gasteiger charge is 2.23. The zero-order chi connectivity index (χ0) is 15.0. The van der Waals surface area contributed by atoms with Crippen molar-refractivity contribution in [3.05, 3.63) is 0 Å². The molecule has 0 aromatic heterocycles. The Morgan fingerprint density at radius 1 is 1.30 bits per heavy atom. The van der Waals surface area contributed by atoms with Crippen molar-refractivity contribution in [1.29, 1.82) is 0 Å². The van der Waals surface area contributed by atoms with Gasteiger partial charge in [0.25, 0.3) is 0 Å². The standard InChI is InChI=1S/C14H28N4O2/c1-14(2,13(15)17-20)7-9-16-8-6-12(19)18-10-4-3-5-11-18/h16,20H,3-11H2,1-2H3,(H2,15,17). The lowest BCUT2D eigenvalue weighted by Gasteiger charge is -2.27. The van der Waals surface area contributed by atoms with Crippen LogP contribution < -0.4 is 11.1 Å². The second-order valence-corrected chi connectivity index (χ2v) is 6.06. The number of rotatable bonds is 7. The number of carbonyl (C=O) groups is 1. The van der Waals surface area contributed by atoms with Gasteiger partial charge in [-0.2, -0.15) is 0 Å². The number of nitrogens with one attached hydrogen (secondary N) is 1. The maximum Gasteiger partial charge on any atom is 0.223 e. The summed E-state index contributed by atoms with van der Waals surface area (Å²) in [7, 11) is 0. The van der Waals surface area contributed by atoms with Crippen LogP contribution in [0.2, 0.25) is 0 Å². The third kappa shape index (κ3) is 5.36. The van der Waals surface area contributed by atoms with Crippen molar-refractivity contribution in [3.8, 4) is 0 Å². The fourth-order valence-electron chi connectivity index (χ4n) is 2.29. The summed E-state index contributed by atoms with van der Waals surface area (Å²) in [6.07, 6.45) is 4.82. The fourth-order valence-corrected chi connectivity index (χ4v) is 2.29. The van der Waals surface area contributed by atoms with Crippen LogP contribution in [-0.2, 0) is 4.79 Å². The molecule has 1 rings (SSSR count). The summed E-state index contributed by atoms with van der Waals surface area (Å²) in [4.78, 5) is 13.9. The molecule has 116 valence electrons. The smallest absolute Gasteiger partial charge is 0.223 e. The minimum Gasteiger partial charge on any atom is -0.409 e. The van der Waals surface area contributed by atoms with Crippen LogP contribution >= 0.6 is 0 Å². The van der Waals surface area contributed by atoms with Gasteiger partial charge >= 0.3 is 0 Å². The summed E-state index contributed by atoms with van der Waals surface area (Å²) in [5, 5.41) is 15.0. The molecule has 1 fully saturated rings. The Labute approximate surface area is 121 Å². The van der Waals surface area contributed by atoms with Crippen molar-refractivity contribution >= 4 is 11.7 Å². The fraction of sp³-hybridized carbons (Fsp3) is 0.857. The van der Waals surface area contributed by atoms with E-state index in [9.17, 15) is 4.79 Å². The van der Waals surface area contributed by atoms with Crippen molar-refractivity contribution in [2.75, 3.05) is 26.2 Å². The van der Waals surface area contributed by atoms with Gasteiger partial charge < -0.3 is 21.2 Å². The zero-order valence-electron chi connectivity index (χ0n) is 12.7. The van der Waals surface area contributed by atoms with Crippen LogP contribution in [0.3, 0.4) is 0 Å². The molecule has 1 amide bonds. The van der Waals surface area contributed by atoms with Gasteiger partial charge in [0.2, 0.25) is 5.91 Å². The molecule has 0 aromatic carbocycles. The number of amides is 1. The largest absolute Gasteiger partial charge is 0.409 e. The number of amidine groups is 1. The van der Waals surface area contributed by atoms with E-state index in [0.29, 0.717) is 13.0 Å². The van der Waals surface area contributed by atoms with E-state index in [1.54, 1.807) is 0 Å². The molecule has 0 unspecified atom stereocenters. The van der Waals surface area contributed by atoms with Gasteiger partial charge in [-0.1, -0.05) is 19.0 Å². The van der Waals surface area contributed by atoms with E-state index in [1.165, 1.54) is 6.42 Å². The van der Waals surface area contributed by atoms with Crippen molar-refractivity contribution in [2.24, 2.45) is 16.3 Å². The first-order valence-corrected chi connectivity index (χ1v) is 7.44. The lowest BCUT2D eigenvalue weighted by atomic mass is 9.88. The van der Waals surface area contributed by atoms with Gasteiger partial charge in [-0.05, 0) is 32.2 Å². The number of nitrogens with two attached hydrogens (primary N) is 1. The molecule has 20 heavy (non-hydrogen) atoms. The molecule has 1 saturated heterocycles. The summed E-state index contributed by atoms with van der Waals surface area (Å²) in [6, 6.07) is 0. The van der Waals surface area contributed by atoms with E-state index in [0.717, 1.165) is 38.9 Å². The summed E-state index contributed by atoms with van der Waals surface area (Å²) in [5.74, 6) is 0.483. The minimum absolute atomic E-state index is 0.240. The average Bonchev–Trinajstić information content (AvgIpc) is 2.46. The van der Waals surface area contributed by atoms with Crippen LogP contribution in [0.1, 0.15) is 46.0 Å². The van der Waals surface area contributed by atoms with E-state index in [2.05, 4.69) is 10.5 Å². The Hall–Kier alpha value is -1.30. The second kappa shape index (κ2) is 8.09. The topological polar surface area (TPSA) is 91.0 Å². The van der Waals surface area contributed by atoms with Crippen LogP contribution in [0.5, 0.6) is 0 Å². The quantitative estimate of drug-likeness (QED) is 0.215. The number of piperidine rings is 1. The first kappa shape index (κ1) is 16.8. The molecule has 1 heterocycles. The lowest BCUT2D eigenvalue weighted by molar-refractivity contribution is -0.131. The molecule has 1 aliphatic heterocycles. The molecule has 0 saturated carbocycles. The van der Waals surface area contributed by atoms with Gasteiger partial charge in [0.15, 0.2) is 0 Å². The number of oxime groups is 1. The molecule has 0 bridgehead atoms. The van der Waals surface area contributed by atoms with Crippen molar-refractivity contribution in [1.82, 2.24) is 10.2 Å². The van der Waals surface area contributed by atoms with Gasteiger partial charge in [0, 0.05) is 31.5 Å². The van der Waals surface area contributed by atoms with Gasteiger partial charge in [-0.3, -0.25) is 4.79 Å². The Kier molecular flexibility index (Phi) is 6.78. The van der Waals surface area contributed by atoms with Crippen LogP contribution in [-0.4, -0.2) is 48.0 Å². The van der Waals surface area contributed by atoms with Crippen molar-refractivity contribution in [3.63, 3.8) is 0 Å². The average molecular weight is 284 g/mol. The second-order valence-electron chi connectivity index (χ2n) is 6.06. The Morgan fingerprint density at radius 2 is 1.95 bits per heavy atom. The Morgan fingerprint density at radius 3 is 2.55 bits per heavy atom. The summed E-state index contributed by atoms with van der Waals surface area (Å²) in [5.41, 5.74) is 5.29. The molecule has 1 aliphatic rings. The SMILES string of the molecule is CC(C)(CCNCCC(=O)N1CCCCC1)C(N)=NO. The monoisotopic (exact) mass is 284 g/mol. The molecule has 0 atom stereocenters. The molecule has 4 N–H and O–H groups in total. The molecule has 6 heteroatoms. The van der Waals surface area contributed by atoms with Crippen LogP contribution in [0.25, 0.3) is 0 Å². The van der Waals surface area contributed by atoms with Crippen LogP contribution in [0.4, 0.5) is 0 Å². The molecule has 0 radical (unpaired) electrons. The number of hydrogen-bond acceptors (Lipinski definition) is 4. The number of carbonyl (C=O) groups excluding carboxylic acids is 1. The maximum absolute atomic E-state index is 11.9. The Bertz CT molecular complexity index is 336. The predicted molar refractivity (Wildman–Crippen MR) is 79.7 cm³/mol. The maximum atomic E-state index is 11.9. The lowest BCUT2D eigenvalue weighted by Crippen LogP contribution is -2.38. The van der Waals surface area contributed by atoms with E-state index in [4.69, 9.17) is 10.9 Å². The van der Waals surface area contributed by atoms with Gasteiger partial charge in [-0.15, -0.1) is 0 Å². The van der Waals surface area contributed by atoms with E-state index in [-0.39, 0.29) is 17.2 Å². The van der Waals surface area contributed by atoms with E-state index in [1.807, 2.05) is 18.7 Å². The predicted octanol–water partition coefficient (Wildman–Crippen LogP) is 1.14. The summed E-state index contributed by atoms with van der Waals surface area (Å²) < 4.78 is 0. The zero-order valence-corrected chi connectivity index (χ0v) is 12.7. The normalized spacial score (nSPS) is 17.3. The molecular formula is C14H28N4O2. The summed E-state index contributed by atoms with van der Waals surface area (Å²) in [6.45, 7) is 7.12. The van der Waals surface area contributed by atoms with Gasteiger partial charge in [-0.25, -0.2) is 0 Å². The molecule has 0 aliphatic carbocycles. The van der Waals surface area contributed by atoms with Crippen LogP contribution in [0.15, 0.2) is 5.16 Å². The highest BCUT2D eigenvalue weighted by Crippen LogP contribution is 2.19. The van der Waals surface area contributed by atoms with E-state index >= 15 is 0 Å². The van der Waals surface area contributed by atoms with E-state index < -0.39 is 0 Å². The summed E-state index contributed by atoms with van der Waals surface area (Å²) >= 11 is 0. The minimum atomic E-state index is -0.335. The van der Waals surface area contributed by atoms with Gasteiger partial charge in [0.05, 0.1) is 0 Å². The Balaban J connectivity index is 2.14. The van der Waals surface area contributed by atoms with Crippen molar-refractivity contribution in [2.45, 2.75) is 46.0 Å². The van der Waals surface area contributed by atoms with Crippen LogP contribution in [0, 0.1) is 5.41 Å². The molecule has 6 nitrogen and oxygen atoms in total. The molecule has 0 aromatic rings.